The standard InChI is InChI=1S/C19H25N3O3S2/c1-2-10-22(16-8-12-27(24,25)14-16)13-17(23)21-18(19-20-9-11-26-19)15-6-4-3-5-7-15/h3-7,9,11,16,18H,2,8,10,12-14H2,1H3,(H,21,23). The van der Waals surface area contributed by atoms with Crippen LogP contribution in [0.15, 0.2) is 41.9 Å². The molecular formula is C19H25N3O3S2. The summed E-state index contributed by atoms with van der Waals surface area (Å²) in [5.41, 5.74) is 0.978. The van der Waals surface area contributed by atoms with Gasteiger partial charge >= 0.3 is 0 Å². The van der Waals surface area contributed by atoms with E-state index in [9.17, 15) is 13.2 Å². The minimum Gasteiger partial charge on any atom is -0.342 e. The van der Waals surface area contributed by atoms with E-state index in [-0.39, 0.29) is 36.0 Å². The van der Waals surface area contributed by atoms with Crippen LogP contribution >= 0.6 is 11.3 Å². The van der Waals surface area contributed by atoms with Crippen molar-refractivity contribution in [1.29, 1.82) is 0 Å². The van der Waals surface area contributed by atoms with Gasteiger partial charge in [-0.2, -0.15) is 0 Å². The summed E-state index contributed by atoms with van der Waals surface area (Å²) in [6, 6.07) is 9.39. The maximum atomic E-state index is 12.8. The Bertz CT molecular complexity index is 838. The number of hydrogen-bond donors (Lipinski definition) is 1. The summed E-state index contributed by atoms with van der Waals surface area (Å²) in [6.07, 6.45) is 3.21. The molecule has 0 aliphatic carbocycles. The molecule has 3 rings (SSSR count). The van der Waals surface area contributed by atoms with Gasteiger partial charge in [0.25, 0.3) is 0 Å². The van der Waals surface area contributed by atoms with Gasteiger partial charge in [-0.05, 0) is 24.9 Å². The summed E-state index contributed by atoms with van der Waals surface area (Å²) in [6.45, 7) is 2.94. The Morgan fingerprint density at radius 1 is 1.37 bits per heavy atom. The second-order valence-electron chi connectivity index (χ2n) is 6.81. The van der Waals surface area contributed by atoms with Crippen molar-refractivity contribution in [3.63, 3.8) is 0 Å². The number of nitrogens with zero attached hydrogens (tertiary/aromatic N) is 2. The van der Waals surface area contributed by atoms with E-state index in [1.165, 1.54) is 11.3 Å². The van der Waals surface area contributed by atoms with Crippen LogP contribution in [0.1, 0.15) is 36.4 Å². The van der Waals surface area contributed by atoms with E-state index in [4.69, 9.17) is 0 Å². The van der Waals surface area contributed by atoms with E-state index in [1.807, 2.05) is 47.5 Å². The Hall–Kier alpha value is -1.77. The zero-order valence-electron chi connectivity index (χ0n) is 15.4. The molecule has 8 heteroatoms. The van der Waals surface area contributed by atoms with Gasteiger partial charge in [0.05, 0.1) is 18.1 Å². The number of hydrogen-bond acceptors (Lipinski definition) is 6. The SMILES string of the molecule is CCCN(CC(=O)NC(c1ccccc1)c1nccs1)C1CCS(=O)(=O)C1. The number of thiazole rings is 1. The third-order valence-corrected chi connectivity index (χ3v) is 7.31. The number of carbonyl (C=O) groups excluding carboxylic acids is 1. The molecule has 1 N–H and O–H groups in total. The zero-order chi connectivity index (χ0) is 19.3. The van der Waals surface area contributed by atoms with E-state index in [2.05, 4.69) is 10.3 Å². The second-order valence-corrected chi connectivity index (χ2v) is 9.96. The van der Waals surface area contributed by atoms with Gasteiger partial charge in [-0.15, -0.1) is 11.3 Å². The lowest BCUT2D eigenvalue weighted by atomic mass is 10.1. The lowest BCUT2D eigenvalue weighted by Gasteiger charge is -2.28. The minimum absolute atomic E-state index is 0.0734. The van der Waals surface area contributed by atoms with Gasteiger partial charge in [0.1, 0.15) is 11.0 Å². The van der Waals surface area contributed by atoms with Crippen molar-refractivity contribution in [3.8, 4) is 0 Å². The largest absolute Gasteiger partial charge is 0.342 e. The molecule has 27 heavy (non-hydrogen) atoms. The summed E-state index contributed by atoms with van der Waals surface area (Å²) in [5.74, 6) is 0.247. The lowest BCUT2D eigenvalue weighted by Crippen LogP contribution is -2.44. The highest BCUT2D eigenvalue weighted by Gasteiger charge is 2.33. The molecule has 1 amide bonds. The highest BCUT2D eigenvalue weighted by molar-refractivity contribution is 7.91. The Morgan fingerprint density at radius 2 is 2.15 bits per heavy atom. The van der Waals surface area contributed by atoms with Crippen LogP contribution < -0.4 is 5.32 Å². The lowest BCUT2D eigenvalue weighted by molar-refractivity contribution is -0.123. The average molecular weight is 408 g/mol. The van der Waals surface area contributed by atoms with Crippen molar-refractivity contribution in [2.45, 2.75) is 31.8 Å². The maximum absolute atomic E-state index is 12.8. The molecular weight excluding hydrogens is 382 g/mol. The highest BCUT2D eigenvalue weighted by Crippen LogP contribution is 2.24. The molecule has 1 fully saturated rings. The number of nitrogens with one attached hydrogen (secondary N) is 1. The Labute approximate surface area is 164 Å². The van der Waals surface area contributed by atoms with E-state index < -0.39 is 9.84 Å². The molecule has 1 aliphatic heterocycles. The molecule has 2 aromatic rings. The van der Waals surface area contributed by atoms with Crippen LogP contribution in [0, 0.1) is 0 Å². The fraction of sp³-hybridized carbons (Fsp3) is 0.474. The van der Waals surface area contributed by atoms with Gasteiger partial charge in [0, 0.05) is 17.6 Å². The monoisotopic (exact) mass is 407 g/mol. The van der Waals surface area contributed by atoms with E-state index >= 15 is 0 Å². The molecule has 1 aliphatic rings. The van der Waals surface area contributed by atoms with Gasteiger partial charge in [-0.3, -0.25) is 9.69 Å². The zero-order valence-corrected chi connectivity index (χ0v) is 17.0. The number of sulfone groups is 1. The van der Waals surface area contributed by atoms with Crippen LogP contribution in [0.4, 0.5) is 0 Å². The van der Waals surface area contributed by atoms with Crippen molar-refractivity contribution in [2.75, 3.05) is 24.6 Å². The van der Waals surface area contributed by atoms with Crippen LogP contribution in [0.25, 0.3) is 0 Å². The summed E-state index contributed by atoms with van der Waals surface area (Å²) in [4.78, 5) is 19.2. The molecule has 2 unspecified atom stereocenters. The van der Waals surface area contributed by atoms with Gasteiger partial charge in [0.15, 0.2) is 9.84 Å². The third kappa shape index (κ3) is 5.37. The van der Waals surface area contributed by atoms with Crippen LogP contribution in [0.5, 0.6) is 0 Å². The Morgan fingerprint density at radius 3 is 2.74 bits per heavy atom. The molecule has 1 aromatic heterocycles. The van der Waals surface area contributed by atoms with Crippen LogP contribution in [-0.4, -0.2) is 54.8 Å². The molecule has 6 nitrogen and oxygen atoms in total. The first kappa shape index (κ1) is 20.0. The molecule has 1 saturated heterocycles. The topological polar surface area (TPSA) is 79.4 Å². The summed E-state index contributed by atoms with van der Waals surface area (Å²) < 4.78 is 23.6. The predicted octanol–water partition coefficient (Wildman–Crippen LogP) is 2.25. The van der Waals surface area contributed by atoms with Gasteiger partial charge < -0.3 is 5.32 Å². The maximum Gasteiger partial charge on any atom is 0.235 e. The number of aromatic nitrogens is 1. The van der Waals surface area contributed by atoms with E-state index in [0.29, 0.717) is 13.0 Å². The first-order valence-corrected chi connectivity index (χ1v) is 11.9. The van der Waals surface area contributed by atoms with Crippen LogP contribution in [-0.2, 0) is 14.6 Å². The highest BCUT2D eigenvalue weighted by atomic mass is 32.2. The van der Waals surface area contributed by atoms with E-state index in [0.717, 1.165) is 17.0 Å². The van der Waals surface area contributed by atoms with Crippen molar-refractivity contribution < 1.29 is 13.2 Å². The molecule has 0 radical (unpaired) electrons. The first-order chi connectivity index (χ1) is 13.0. The first-order valence-electron chi connectivity index (χ1n) is 9.16. The summed E-state index contributed by atoms with van der Waals surface area (Å²) >= 11 is 1.50. The second kappa shape index (κ2) is 8.95. The van der Waals surface area contributed by atoms with Gasteiger partial charge in [-0.25, -0.2) is 13.4 Å². The van der Waals surface area contributed by atoms with Crippen molar-refractivity contribution in [2.24, 2.45) is 0 Å². The minimum atomic E-state index is -2.98. The summed E-state index contributed by atoms with van der Waals surface area (Å²) in [7, 11) is -2.98. The molecule has 2 heterocycles. The van der Waals surface area contributed by atoms with Crippen LogP contribution in [0.2, 0.25) is 0 Å². The fourth-order valence-electron chi connectivity index (χ4n) is 3.44. The molecule has 0 saturated carbocycles. The van der Waals surface area contributed by atoms with Gasteiger partial charge in [0.2, 0.25) is 5.91 Å². The van der Waals surface area contributed by atoms with Crippen molar-refractivity contribution in [3.05, 3.63) is 52.5 Å². The van der Waals surface area contributed by atoms with E-state index in [1.54, 1.807) is 6.20 Å². The normalized spacial score (nSPS) is 19.9. The number of rotatable bonds is 8. The quantitative estimate of drug-likeness (QED) is 0.726. The number of amides is 1. The molecule has 2 atom stereocenters. The molecule has 0 spiro atoms. The van der Waals surface area contributed by atoms with Crippen LogP contribution in [0.3, 0.4) is 0 Å². The molecule has 146 valence electrons. The number of benzene rings is 1. The summed E-state index contributed by atoms with van der Waals surface area (Å²) in [5, 5.41) is 5.81. The van der Waals surface area contributed by atoms with Gasteiger partial charge in [-0.1, -0.05) is 37.3 Å². The predicted molar refractivity (Wildman–Crippen MR) is 107 cm³/mol. The van der Waals surface area contributed by atoms with Crippen molar-refractivity contribution >= 4 is 27.1 Å². The smallest absolute Gasteiger partial charge is 0.235 e. The molecule has 1 aromatic carbocycles. The average Bonchev–Trinajstić information content (AvgIpc) is 3.29. The van der Waals surface area contributed by atoms with Crippen molar-refractivity contribution in [1.82, 2.24) is 15.2 Å². The molecule has 0 bridgehead atoms. The Balaban J connectivity index is 1.71. The fourth-order valence-corrected chi connectivity index (χ4v) is 5.92. The Kier molecular flexibility index (Phi) is 6.62. The number of carbonyl (C=O) groups is 1. The third-order valence-electron chi connectivity index (χ3n) is 4.72.